The van der Waals surface area contributed by atoms with Crippen molar-refractivity contribution in [2.24, 2.45) is 0 Å². The summed E-state index contributed by atoms with van der Waals surface area (Å²) in [4.78, 5) is 14.3. The Morgan fingerprint density at radius 1 is 0.963 bits per heavy atom. The number of pyridine rings is 2. The molecule has 0 atom stereocenters. The summed E-state index contributed by atoms with van der Waals surface area (Å²) in [7, 11) is 0. The van der Waals surface area contributed by atoms with Crippen molar-refractivity contribution < 1.29 is 4.74 Å². The number of hydrogen-bond acceptors (Lipinski definition) is 5. The van der Waals surface area contributed by atoms with E-state index >= 15 is 0 Å². The molecule has 1 aromatic carbocycles. The molecule has 27 heavy (non-hydrogen) atoms. The van der Waals surface area contributed by atoms with Crippen LogP contribution in [0.15, 0.2) is 48.8 Å². The number of nitrogens with one attached hydrogen (secondary N) is 1. The lowest BCUT2D eigenvalue weighted by atomic mass is 10.0. The number of benzene rings is 1. The number of nitriles is 1. The molecule has 1 N–H and O–H groups in total. The SMILES string of the molecule is N#Cc1cc2c(cn1)[nH]c1ncc(-c3ccc(N4CCOCC4)cc3)cc12. The normalized spacial score (nSPS) is 14.6. The molecule has 0 aliphatic carbocycles. The first-order valence-corrected chi connectivity index (χ1v) is 8.92. The largest absolute Gasteiger partial charge is 0.378 e. The number of fused-ring (bicyclic) bond motifs is 3. The third-order valence-corrected chi connectivity index (χ3v) is 5.03. The molecule has 0 bridgehead atoms. The summed E-state index contributed by atoms with van der Waals surface area (Å²) in [5, 5.41) is 11.1. The fourth-order valence-corrected chi connectivity index (χ4v) is 3.58. The van der Waals surface area contributed by atoms with E-state index in [1.165, 1.54) is 5.69 Å². The maximum atomic E-state index is 9.12. The molecule has 0 unspecified atom stereocenters. The molecule has 0 spiro atoms. The van der Waals surface area contributed by atoms with Crippen molar-refractivity contribution in [1.29, 1.82) is 5.26 Å². The van der Waals surface area contributed by atoms with Crippen molar-refractivity contribution in [3.8, 4) is 17.2 Å². The summed E-state index contributed by atoms with van der Waals surface area (Å²) in [5.74, 6) is 0. The molecule has 6 nitrogen and oxygen atoms in total. The van der Waals surface area contributed by atoms with Gasteiger partial charge in [0.2, 0.25) is 0 Å². The average molecular weight is 355 g/mol. The number of ether oxygens (including phenoxy) is 1. The van der Waals surface area contributed by atoms with Crippen LogP contribution in [-0.2, 0) is 4.74 Å². The van der Waals surface area contributed by atoms with Gasteiger partial charge in [0.25, 0.3) is 0 Å². The summed E-state index contributed by atoms with van der Waals surface area (Å²) >= 11 is 0. The Morgan fingerprint density at radius 2 is 1.78 bits per heavy atom. The molecule has 0 amide bonds. The molecule has 5 rings (SSSR count). The zero-order valence-corrected chi connectivity index (χ0v) is 14.6. The molecule has 0 radical (unpaired) electrons. The highest BCUT2D eigenvalue weighted by Crippen LogP contribution is 2.29. The smallest absolute Gasteiger partial charge is 0.141 e. The molecule has 132 valence electrons. The van der Waals surface area contributed by atoms with E-state index in [0.717, 1.165) is 59.4 Å². The highest BCUT2D eigenvalue weighted by Gasteiger charge is 2.12. The van der Waals surface area contributed by atoms with Crippen LogP contribution in [0.1, 0.15) is 5.69 Å². The number of aromatic nitrogens is 3. The monoisotopic (exact) mass is 355 g/mol. The van der Waals surface area contributed by atoms with Gasteiger partial charge in [-0.05, 0) is 29.8 Å². The number of aromatic amines is 1. The second kappa shape index (κ2) is 6.38. The zero-order chi connectivity index (χ0) is 18.2. The summed E-state index contributed by atoms with van der Waals surface area (Å²) in [5.41, 5.74) is 5.47. The topological polar surface area (TPSA) is 77.8 Å². The number of anilines is 1. The minimum atomic E-state index is 0.406. The van der Waals surface area contributed by atoms with Gasteiger partial charge < -0.3 is 14.6 Å². The Balaban J connectivity index is 1.54. The van der Waals surface area contributed by atoms with Gasteiger partial charge in [0.15, 0.2) is 0 Å². The third-order valence-electron chi connectivity index (χ3n) is 5.03. The molecule has 6 heteroatoms. The average Bonchev–Trinajstić information content (AvgIpc) is 3.11. The van der Waals surface area contributed by atoms with Gasteiger partial charge in [0, 0.05) is 41.3 Å². The molecular formula is C21H17N5O. The van der Waals surface area contributed by atoms with E-state index in [0.29, 0.717) is 5.69 Å². The predicted octanol–water partition coefficient (Wildman–Crippen LogP) is 3.49. The van der Waals surface area contributed by atoms with Crippen molar-refractivity contribution in [1.82, 2.24) is 15.0 Å². The standard InChI is InChI=1S/C21H17N5O/c22-11-16-10-18-19-9-15(12-24-21(19)25-20(18)13-23-16)14-1-3-17(4-2-14)26-5-7-27-8-6-26/h1-4,9-10,12-13H,5-8H2,(H,24,25). The van der Waals surface area contributed by atoms with E-state index in [1.54, 1.807) is 12.3 Å². The molecule has 4 aromatic rings. The number of morpholine rings is 1. The minimum Gasteiger partial charge on any atom is -0.378 e. The van der Waals surface area contributed by atoms with Crippen LogP contribution in [0.3, 0.4) is 0 Å². The van der Waals surface area contributed by atoms with Gasteiger partial charge in [0.1, 0.15) is 17.4 Å². The number of nitrogens with zero attached hydrogens (tertiary/aromatic N) is 4. The maximum Gasteiger partial charge on any atom is 0.141 e. The lowest BCUT2D eigenvalue weighted by molar-refractivity contribution is 0.122. The van der Waals surface area contributed by atoms with Crippen LogP contribution in [0.2, 0.25) is 0 Å². The summed E-state index contributed by atoms with van der Waals surface area (Å²) < 4.78 is 5.42. The van der Waals surface area contributed by atoms with Gasteiger partial charge in [-0.2, -0.15) is 5.26 Å². The summed E-state index contributed by atoms with van der Waals surface area (Å²) in [6, 6.07) is 14.6. The first-order valence-electron chi connectivity index (χ1n) is 8.92. The molecule has 1 aliphatic rings. The van der Waals surface area contributed by atoms with Crippen molar-refractivity contribution in [3.05, 3.63) is 54.5 Å². The Hall–Kier alpha value is -3.43. The number of rotatable bonds is 2. The van der Waals surface area contributed by atoms with Crippen LogP contribution in [0, 0.1) is 11.3 Å². The number of hydrogen-bond donors (Lipinski definition) is 1. The molecule has 1 saturated heterocycles. The number of H-pyrrole nitrogens is 1. The second-order valence-electron chi connectivity index (χ2n) is 6.62. The van der Waals surface area contributed by atoms with Crippen molar-refractivity contribution in [2.45, 2.75) is 0 Å². The van der Waals surface area contributed by atoms with Crippen LogP contribution in [0.4, 0.5) is 5.69 Å². The van der Waals surface area contributed by atoms with Crippen LogP contribution in [0.5, 0.6) is 0 Å². The molecule has 3 aromatic heterocycles. The molecule has 0 saturated carbocycles. The highest BCUT2D eigenvalue weighted by molar-refractivity contribution is 6.07. The van der Waals surface area contributed by atoms with Crippen molar-refractivity contribution >= 4 is 27.6 Å². The minimum absolute atomic E-state index is 0.406. The lowest BCUT2D eigenvalue weighted by Crippen LogP contribution is -2.36. The first-order chi connectivity index (χ1) is 13.3. The Kier molecular flexibility index (Phi) is 3.73. The van der Waals surface area contributed by atoms with E-state index in [1.807, 2.05) is 6.20 Å². The van der Waals surface area contributed by atoms with Gasteiger partial charge in [-0.25, -0.2) is 9.97 Å². The van der Waals surface area contributed by atoms with Crippen LogP contribution in [-0.4, -0.2) is 41.3 Å². The van der Waals surface area contributed by atoms with E-state index in [-0.39, 0.29) is 0 Å². The first kappa shape index (κ1) is 15.8. The fourth-order valence-electron chi connectivity index (χ4n) is 3.58. The van der Waals surface area contributed by atoms with Crippen molar-refractivity contribution in [3.63, 3.8) is 0 Å². The maximum absolute atomic E-state index is 9.12. The van der Waals surface area contributed by atoms with Gasteiger partial charge >= 0.3 is 0 Å². The molecular weight excluding hydrogens is 338 g/mol. The molecule has 1 aliphatic heterocycles. The van der Waals surface area contributed by atoms with Crippen LogP contribution in [0.25, 0.3) is 33.1 Å². The predicted molar refractivity (Wildman–Crippen MR) is 105 cm³/mol. The quantitative estimate of drug-likeness (QED) is 0.595. The van der Waals surface area contributed by atoms with E-state index < -0.39 is 0 Å². The molecule has 1 fully saturated rings. The van der Waals surface area contributed by atoms with Crippen LogP contribution >= 0.6 is 0 Å². The van der Waals surface area contributed by atoms with E-state index in [4.69, 9.17) is 10.00 Å². The lowest BCUT2D eigenvalue weighted by Gasteiger charge is -2.28. The Bertz CT molecular complexity index is 1170. The van der Waals surface area contributed by atoms with E-state index in [9.17, 15) is 0 Å². The van der Waals surface area contributed by atoms with E-state index in [2.05, 4.69) is 56.3 Å². The Morgan fingerprint density at radius 3 is 2.56 bits per heavy atom. The molecule has 4 heterocycles. The highest BCUT2D eigenvalue weighted by atomic mass is 16.5. The van der Waals surface area contributed by atoms with Gasteiger partial charge in [0.05, 0.1) is 24.9 Å². The van der Waals surface area contributed by atoms with Crippen LogP contribution < -0.4 is 4.90 Å². The van der Waals surface area contributed by atoms with Crippen molar-refractivity contribution in [2.75, 3.05) is 31.2 Å². The second-order valence-corrected chi connectivity index (χ2v) is 6.62. The Labute approximate surface area is 156 Å². The summed E-state index contributed by atoms with van der Waals surface area (Å²) in [6.07, 6.45) is 3.56. The van der Waals surface area contributed by atoms with Gasteiger partial charge in [-0.15, -0.1) is 0 Å². The van der Waals surface area contributed by atoms with Gasteiger partial charge in [-0.3, -0.25) is 0 Å². The zero-order valence-electron chi connectivity index (χ0n) is 14.6. The fraction of sp³-hybridized carbons (Fsp3) is 0.190. The summed E-state index contributed by atoms with van der Waals surface area (Å²) in [6.45, 7) is 3.42. The van der Waals surface area contributed by atoms with Gasteiger partial charge in [-0.1, -0.05) is 12.1 Å². The third kappa shape index (κ3) is 2.78.